The minimum atomic E-state index is -3.81. The second-order valence-electron chi connectivity index (χ2n) is 5.51. The van der Waals surface area contributed by atoms with Crippen LogP contribution in [0.15, 0.2) is 52.7 Å². The predicted molar refractivity (Wildman–Crippen MR) is 98.1 cm³/mol. The van der Waals surface area contributed by atoms with Crippen LogP contribution in [-0.4, -0.2) is 53.7 Å². The van der Waals surface area contributed by atoms with Gasteiger partial charge in [-0.15, -0.1) is 5.10 Å². The fourth-order valence-electron chi connectivity index (χ4n) is 2.40. The Labute approximate surface area is 160 Å². The van der Waals surface area contributed by atoms with E-state index in [1.54, 1.807) is 0 Å². The zero-order chi connectivity index (χ0) is 20.1. The van der Waals surface area contributed by atoms with Crippen molar-refractivity contribution in [3.8, 4) is 17.3 Å². The van der Waals surface area contributed by atoms with Gasteiger partial charge in [-0.3, -0.25) is 4.79 Å². The molecule has 148 valence electrons. The molecule has 1 N–H and O–H groups in total. The maximum atomic E-state index is 12.5. The van der Waals surface area contributed by atoms with Crippen LogP contribution in [-0.2, 0) is 16.6 Å². The van der Waals surface area contributed by atoms with E-state index in [2.05, 4.69) is 19.9 Å². The highest BCUT2D eigenvalue weighted by Crippen LogP contribution is 2.29. The van der Waals surface area contributed by atoms with Gasteiger partial charge in [-0.1, -0.05) is 0 Å². The molecular weight excluding hydrogens is 388 g/mol. The number of nitrogens with zero attached hydrogens (tertiary/aromatic N) is 5. The molecule has 2 aromatic heterocycles. The van der Waals surface area contributed by atoms with Crippen LogP contribution >= 0.6 is 0 Å². The Balaban J connectivity index is 1.72. The molecule has 0 amide bonds. The van der Waals surface area contributed by atoms with Gasteiger partial charge >= 0.3 is 0 Å². The molecule has 0 aliphatic carbocycles. The summed E-state index contributed by atoms with van der Waals surface area (Å²) in [6.45, 7) is -0.00170. The van der Waals surface area contributed by atoms with Gasteiger partial charge in [-0.2, -0.15) is 5.10 Å². The number of nitrogens with one attached hydrogen (secondary N) is 1. The Morgan fingerprint density at radius 1 is 1.11 bits per heavy atom. The molecule has 0 spiro atoms. The number of rotatable bonds is 8. The summed E-state index contributed by atoms with van der Waals surface area (Å²) in [4.78, 5) is 15.8. The fourth-order valence-corrected chi connectivity index (χ4v) is 3.44. The molecule has 2 heterocycles. The average molecular weight is 406 g/mol. The zero-order valence-corrected chi connectivity index (χ0v) is 16.0. The van der Waals surface area contributed by atoms with E-state index in [0.717, 1.165) is 4.68 Å². The second-order valence-corrected chi connectivity index (χ2v) is 7.27. The number of methoxy groups -OCH3 is 2. The van der Waals surface area contributed by atoms with E-state index in [1.165, 1.54) is 61.9 Å². The Kier molecular flexibility index (Phi) is 5.70. The topological polar surface area (TPSA) is 130 Å². The third kappa shape index (κ3) is 4.18. The lowest BCUT2D eigenvalue weighted by molar-refractivity contribution is 0.354. The highest BCUT2D eigenvalue weighted by atomic mass is 32.2. The molecule has 28 heavy (non-hydrogen) atoms. The molecule has 0 aliphatic heterocycles. The summed E-state index contributed by atoms with van der Waals surface area (Å²) in [6, 6.07) is 7.09. The fraction of sp³-hybridized carbons (Fsp3) is 0.250. The van der Waals surface area contributed by atoms with E-state index in [0.29, 0.717) is 17.3 Å². The van der Waals surface area contributed by atoms with Crippen molar-refractivity contribution in [3.05, 3.63) is 53.3 Å². The molecule has 0 bridgehead atoms. The second kappa shape index (κ2) is 8.19. The molecule has 0 radical (unpaired) electrons. The molecule has 1 aromatic carbocycles. The highest BCUT2D eigenvalue weighted by molar-refractivity contribution is 7.89. The molecule has 0 fully saturated rings. The van der Waals surface area contributed by atoms with E-state index in [1.807, 2.05) is 0 Å². The van der Waals surface area contributed by atoms with Crippen molar-refractivity contribution in [2.24, 2.45) is 0 Å². The summed E-state index contributed by atoms with van der Waals surface area (Å²) in [5.74, 6) is 1.10. The van der Waals surface area contributed by atoms with Crippen molar-refractivity contribution < 1.29 is 17.9 Å². The van der Waals surface area contributed by atoms with Crippen LogP contribution in [0.3, 0.4) is 0 Å². The summed E-state index contributed by atoms with van der Waals surface area (Å²) in [7, 11) is -0.931. The first-order chi connectivity index (χ1) is 13.4. The molecule has 3 rings (SSSR count). The summed E-state index contributed by atoms with van der Waals surface area (Å²) < 4.78 is 40.2. The molecular formula is C16H18N6O5S. The maximum Gasteiger partial charge on any atom is 0.266 e. The first-order valence-electron chi connectivity index (χ1n) is 8.09. The van der Waals surface area contributed by atoms with Gasteiger partial charge in [0.15, 0.2) is 17.3 Å². The first kappa shape index (κ1) is 19.5. The molecule has 3 aromatic rings. The normalized spacial score (nSPS) is 11.4. The smallest absolute Gasteiger partial charge is 0.266 e. The van der Waals surface area contributed by atoms with E-state index >= 15 is 0 Å². The summed E-state index contributed by atoms with van der Waals surface area (Å²) in [5, 5.41) is 8.09. The molecule has 12 heteroatoms. The largest absolute Gasteiger partial charge is 0.493 e. The molecule has 0 unspecified atom stereocenters. The Hall–Kier alpha value is -3.25. The van der Waals surface area contributed by atoms with Crippen LogP contribution < -0.4 is 19.8 Å². The predicted octanol–water partition coefficient (Wildman–Crippen LogP) is -0.180. The third-order valence-electron chi connectivity index (χ3n) is 3.79. The first-order valence-corrected chi connectivity index (χ1v) is 9.58. The Bertz CT molecular complexity index is 1110. The molecule has 0 saturated heterocycles. The lowest BCUT2D eigenvalue weighted by Crippen LogP contribution is -2.32. The van der Waals surface area contributed by atoms with Crippen LogP contribution in [0.1, 0.15) is 0 Å². The van der Waals surface area contributed by atoms with Gasteiger partial charge in [0.05, 0.1) is 25.7 Å². The van der Waals surface area contributed by atoms with Crippen molar-refractivity contribution in [1.82, 2.24) is 29.3 Å². The van der Waals surface area contributed by atoms with Crippen LogP contribution in [0.4, 0.5) is 0 Å². The van der Waals surface area contributed by atoms with Crippen LogP contribution in [0.2, 0.25) is 0 Å². The number of hydrogen-bond donors (Lipinski definition) is 1. The summed E-state index contributed by atoms with van der Waals surface area (Å²) >= 11 is 0. The number of hydrogen-bond acceptors (Lipinski definition) is 8. The Morgan fingerprint density at radius 2 is 1.89 bits per heavy atom. The van der Waals surface area contributed by atoms with E-state index in [9.17, 15) is 13.2 Å². The molecule has 0 aliphatic rings. The number of aromatic nitrogens is 5. The lowest BCUT2D eigenvalue weighted by Gasteiger charge is -2.11. The van der Waals surface area contributed by atoms with Gasteiger partial charge in [0.2, 0.25) is 10.0 Å². The SMILES string of the molecule is COc1ccc(S(=O)(=O)NCCn2nc(-n3cncn3)ccc2=O)cc1OC. The Morgan fingerprint density at radius 3 is 2.57 bits per heavy atom. The minimum Gasteiger partial charge on any atom is -0.493 e. The van der Waals surface area contributed by atoms with Gasteiger partial charge in [0.1, 0.15) is 12.7 Å². The third-order valence-corrected chi connectivity index (χ3v) is 5.25. The van der Waals surface area contributed by atoms with Crippen LogP contribution in [0.25, 0.3) is 5.82 Å². The number of benzene rings is 1. The average Bonchev–Trinajstić information content (AvgIpc) is 3.23. The molecule has 0 atom stereocenters. The monoisotopic (exact) mass is 406 g/mol. The van der Waals surface area contributed by atoms with Crippen molar-refractivity contribution in [2.75, 3.05) is 20.8 Å². The summed E-state index contributed by atoms with van der Waals surface area (Å²) in [6.07, 6.45) is 2.78. The highest BCUT2D eigenvalue weighted by Gasteiger charge is 2.17. The van der Waals surface area contributed by atoms with Gasteiger partial charge in [0, 0.05) is 18.7 Å². The molecule has 11 nitrogen and oxygen atoms in total. The van der Waals surface area contributed by atoms with Crippen molar-refractivity contribution >= 4 is 10.0 Å². The van der Waals surface area contributed by atoms with Crippen LogP contribution in [0.5, 0.6) is 11.5 Å². The van der Waals surface area contributed by atoms with E-state index in [-0.39, 0.29) is 23.5 Å². The van der Waals surface area contributed by atoms with E-state index in [4.69, 9.17) is 9.47 Å². The number of sulfonamides is 1. The van der Waals surface area contributed by atoms with Crippen molar-refractivity contribution in [3.63, 3.8) is 0 Å². The van der Waals surface area contributed by atoms with Gasteiger partial charge < -0.3 is 9.47 Å². The van der Waals surface area contributed by atoms with E-state index < -0.39 is 10.0 Å². The molecule has 0 saturated carbocycles. The maximum absolute atomic E-state index is 12.5. The zero-order valence-electron chi connectivity index (χ0n) is 15.1. The van der Waals surface area contributed by atoms with Crippen molar-refractivity contribution in [2.45, 2.75) is 11.4 Å². The van der Waals surface area contributed by atoms with Crippen molar-refractivity contribution in [1.29, 1.82) is 0 Å². The van der Waals surface area contributed by atoms with Gasteiger partial charge in [-0.05, 0) is 18.2 Å². The van der Waals surface area contributed by atoms with Crippen LogP contribution in [0, 0.1) is 0 Å². The lowest BCUT2D eigenvalue weighted by atomic mass is 10.3. The summed E-state index contributed by atoms with van der Waals surface area (Å²) in [5.41, 5.74) is -0.367. The van der Waals surface area contributed by atoms with Gasteiger partial charge in [-0.25, -0.2) is 27.5 Å². The minimum absolute atomic E-state index is 0.0156. The van der Waals surface area contributed by atoms with Gasteiger partial charge in [0.25, 0.3) is 5.56 Å². The standard InChI is InChI=1S/C16H18N6O5S/c1-26-13-4-3-12(9-14(13)27-2)28(24,25)19-7-8-21-16(23)6-5-15(20-21)22-11-17-10-18-22/h3-6,9-11,19H,7-8H2,1-2H3. The quantitative estimate of drug-likeness (QED) is 0.545. The number of ether oxygens (including phenoxy) is 2.